The van der Waals surface area contributed by atoms with Crippen LogP contribution in [-0.4, -0.2) is 6.03 Å². The molecular weight excluding hydrogens is 364 g/mol. The summed E-state index contributed by atoms with van der Waals surface area (Å²) in [5.74, 6) is 0. The Morgan fingerprint density at radius 2 is 1.54 bits per heavy atom. The predicted molar refractivity (Wildman–Crippen MR) is 102 cm³/mol. The van der Waals surface area contributed by atoms with E-state index in [1.165, 1.54) is 0 Å². The Morgan fingerprint density at radius 3 is 2.21 bits per heavy atom. The Bertz CT molecular complexity index is 806. The van der Waals surface area contributed by atoms with E-state index in [9.17, 15) is 4.79 Å². The zero-order valence-electron chi connectivity index (χ0n) is 13.0. The van der Waals surface area contributed by atoms with Crippen molar-refractivity contribution < 1.29 is 4.79 Å². The molecule has 0 bridgehead atoms. The molecule has 0 spiro atoms. The molecular formula is C20H17BrN2O. The van der Waals surface area contributed by atoms with Crippen molar-refractivity contribution in [3.63, 3.8) is 0 Å². The molecule has 0 unspecified atom stereocenters. The number of halogens is 1. The summed E-state index contributed by atoms with van der Waals surface area (Å²) >= 11 is 3.42. The van der Waals surface area contributed by atoms with Crippen LogP contribution in [0, 0.1) is 0 Å². The summed E-state index contributed by atoms with van der Waals surface area (Å²) in [5, 5.41) is 2.96. The Morgan fingerprint density at radius 1 is 0.875 bits per heavy atom. The number of benzene rings is 3. The highest BCUT2D eigenvalue weighted by molar-refractivity contribution is 9.10. The lowest BCUT2D eigenvalue weighted by Gasteiger charge is -2.23. The molecule has 0 aliphatic rings. The smallest absolute Gasteiger partial charge is 0.307 e. The third-order valence-corrected chi connectivity index (χ3v) is 4.07. The summed E-state index contributed by atoms with van der Waals surface area (Å²) in [7, 11) is 0. The first kappa shape index (κ1) is 16.3. The van der Waals surface area contributed by atoms with Gasteiger partial charge in [-0.2, -0.15) is 0 Å². The number of anilines is 2. The minimum Gasteiger partial charge on any atom is -0.307 e. The number of nitrogens with one attached hydrogen (secondary N) is 1. The van der Waals surface area contributed by atoms with Crippen molar-refractivity contribution in [2.24, 2.45) is 0 Å². The molecule has 1 N–H and O–H groups in total. The molecule has 2 amide bonds. The lowest BCUT2D eigenvalue weighted by Crippen LogP contribution is -2.34. The van der Waals surface area contributed by atoms with Gasteiger partial charge in [0.05, 0.1) is 6.54 Å². The molecule has 0 atom stereocenters. The van der Waals surface area contributed by atoms with Gasteiger partial charge in [-0.05, 0) is 35.9 Å². The number of rotatable bonds is 4. The molecule has 0 saturated heterocycles. The van der Waals surface area contributed by atoms with Crippen molar-refractivity contribution in [3.8, 4) is 0 Å². The number of hydrogen-bond donors (Lipinski definition) is 1. The van der Waals surface area contributed by atoms with Crippen LogP contribution in [0.2, 0.25) is 0 Å². The first-order valence-corrected chi connectivity index (χ1v) is 8.45. The number of nitrogens with zero attached hydrogens (tertiary/aromatic N) is 1. The number of amides is 2. The molecule has 0 heterocycles. The molecule has 0 fully saturated rings. The van der Waals surface area contributed by atoms with Crippen LogP contribution < -0.4 is 10.2 Å². The molecule has 3 nitrogen and oxygen atoms in total. The van der Waals surface area contributed by atoms with E-state index in [2.05, 4.69) is 21.2 Å². The molecule has 3 aromatic carbocycles. The zero-order valence-corrected chi connectivity index (χ0v) is 14.6. The van der Waals surface area contributed by atoms with Crippen molar-refractivity contribution in [1.82, 2.24) is 0 Å². The highest BCUT2D eigenvalue weighted by Gasteiger charge is 2.16. The Hall–Kier alpha value is -2.59. The number of para-hydroxylation sites is 1. The van der Waals surface area contributed by atoms with Crippen LogP contribution in [0.3, 0.4) is 0 Å². The standard InChI is InChI=1S/C20H17BrN2O/c21-17-10-7-11-18(14-17)22-20(24)23(19-12-5-2-6-13-19)15-16-8-3-1-4-9-16/h1-14H,15H2,(H,22,24). The van der Waals surface area contributed by atoms with Crippen molar-refractivity contribution >= 4 is 33.3 Å². The lowest BCUT2D eigenvalue weighted by atomic mass is 10.2. The van der Waals surface area contributed by atoms with E-state index < -0.39 is 0 Å². The largest absolute Gasteiger partial charge is 0.326 e. The van der Waals surface area contributed by atoms with Gasteiger partial charge in [-0.15, -0.1) is 0 Å². The average Bonchev–Trinajstić information content (AvgIpc) is 2.61. The Kier molecular flexibility index (Phi) is 5.29. The summed E-state index contributed by atoms with van der Waals surface area (Å²) < 4.78 is 0.926. The van der Waals surface area contributed by atoms with E-state index in [4.69, 9.17) is 0 Å². The summed E-state index contributed by atoms with van der Waals surface area (Å²) in [6.45, 7) is 0.505. The summed E-state index contributed by atoms with van der Waals surface area (Å²) in [6, 6.07) is 27.0. The fourth-order valence-corrected chi connectivity index (χ4v) is 2.81. The van der Waals surface area contributed by atoms with Gasteiger partial charge in [-0.3, -0.25) is 4.90 Å². The number of urea groups is 1. The monoisotopic (exact) mass is 380 g/mol. The SMILES string of the molecule is O=C(Nc1cccc(Br)c1)N(Cc1ccccc1)c1ccccc1. The van der Waals surface area contributed by atoms with Gasteiger partial charge < -0.3 is 5.32 Å². The van der Waals surface area contributed by atoms with E-state index in [-0.39, 0.29) is 6.03 Å². The topological polar surface area (TPSA) is 32.3 Å². The number of carbonyl (C=O) groups is 1. The van der Waals surface area contributed by atoms with Crippen LogP contribution in [0.15, 0.2) is 89.4 Å². The third kappa shape index (κ3) is 4.24. The molecule has 0 saturated carbocycles. The van der Waals surface area contributed by atoms with Gasteiger partial charge in [0, 0.05) is 15.8 Å². The minimum atomic E-state index is -0.164. The number of hydrogen-bond acceptors (Lipinski definition) is 1. The predicted octanol–water partition coefficient (Wildman–Crippen LogP) is 5.69. The highest BCUT2D eigenvalue weighted by atomic mass is 79.9. The maximum Gasteiger partial charge on any atom is 0.326 e. The van der Waals surface area contributed by atoms with Gasteiger partial charge in [0.2, 0.25) is 0 Å². The van der Waals surface area contributed by atoms with E-state index in [0.29, 0.717) is 6.54 Å². The summed E-state index contributed by atoms with van der Waals surface area (Å²) in [4.78, 5) is 14.6. The maximum atomic E-state index is 12.8. The van der Waals surface area contributed by atoms with Crippen molar-refractivity contribution in [2.75, 3.05) is 10.2 Å². The van der Waals surface area contributed by atoms with Gasteiger partial charge in [-0.1, -0.05) is 70.5 Å². The van der Waals surface area contributed by atoms with Crippen molar-refractivity contribution in [1.29, 1.82) is 0 Å². The fraction of sp³-hybridized carbons (Fsp3) is 0.0500. The molecule has 0 aromatic heterocycles. The molecule has 3 aromatic rings. The van der Waals surface area contributed by atoms with Crippen LogP contribution >= 0.6 is 15.9 Å². The van der Waals surface area contributed by atoms with E-state index in [0.717, 1.165) is 21.4 Å². The maximum absolute atomic E-state index is 12.8. The van der Waals surface area contributed by atoms with E-state index in [1.807, 2.05) is 84.9 Å². The molecule has 24 heavy (non-hydrogen) atoms. The first-order valence-electron chi connectivity index (χ1n) is 7.65. The highest BCUT2D eigenvalue weighted by Crippen LogP contribution is 2.20. The Labute approximate surface area is 150 Å². The molecule has 0 aliphatic heterocycles. The molecule has 0 radical (unpaired) electrons. The second-order valence-electron chi connectivity index (χ2n) is 5.35. The fourth-order valence-electron chi connectivity index (χ4n) is 2.41. The third-order valence-electron chi connectivity index (χ3n) is 3.57. The van der Waals surface area contributed by atoms with Gasteiger partial charge in [0.15, 0.2) is 0 Å². The molecule has 3 rings (SSSR count). The average molecular weight is 381 g/mol. The van der Waals surface area contributed by atoms with Crippen LogP contribution in [0.4, 0.5) is 16.2 Å². The second kappa shape index (κ2) is 7.79. The normalized spacial score (nSPS) is 10.2. The molecule has 120 valence electrons. The second-order valence-corrected chi connectivity index (χ2v) is 6.26. The first-order chi connectivity index (χ1) is 11.7. The lowest BCUT2D eigenvalue weighted by molar-refractivity contribution is 0.256. The van der Waals surface area contributed by atoms with Crippen molar-refractivity contribution in [2.45, 2.75) is 6.54 Å². The van der Waals surface area contributed by atoms with Gasteiger partial charge >= 0.3 is 6.03 Å². The van der Waals surface area contributed by atoms with E-state index >= 15 is 0 Å². The molecule has 0 aliphatic carbocycles. The van der Waals surface area contributed by atoms with Crippen molar-refractivity contribution in [3.05, 3.63) is 95.0 Å². The number of carbonyl (C=O) groups excluding carboxylic acids is 1. The van der Waals surface area contributed by atoms with Gasteiger partial charge in [-0.25, -0.2) is 4.79 Å². The quantitative estimate of drug-likeness (QED) is 0.619. The van der Waals surface area contributed by atoms with Crippen LogP contribution in [0.5, 0.6) is 0 Å². The van der Waals surface area contributed by atoms with Gasteiger partial charge in [0.25, 0.3) is 0 Å². The molecule has 4 heteroatoms. The minimum absolute atomic E-state index is 0.164. The zero-order chi connectivity index (χ0) is 16.8. The summed E-state index contributed by atoms with van der Waals surface area (Å²) in [5.41, 5.74) is 2.68. The van der Waals surface area contributed by atoms with E-state index in [1.54, 1.807) is 4.90 Å². The summed E-state index contributed by atoms with van der Waals surface area (Å²) in [6.07, 6.45) is 0. The van der Waals surface area contributed by atoms with Crippen LogP contribution in [-0.2, 0) is 6.54 Å². The van der Waals surface area contributed by atoms with Gasteiger partial charge in [0.1, 0.15) is 0 Å². The van der Waals surface area contributed by atoms with Crippen LogP contribution in [0.25, 0.3) is 0 Å². The van der Waals surface area contributed by atoms with Crippen LogP contribution in [0.1, 0.15) is 5.56 Å². The Balaban J connectivity index is 1.85.